The maximum atomic E-state index is 12.9. The number of likely N-dealkylation sites (N-methyl/N-ethyl adjacent to an activating group) is 1. The molecule has 1 heterocycles. The quantitative estimate of drug-likeness (QED) is 0.571. The van der Waals surface area contributed by atoms with Gasteiger partial charge in [0.15, 0.2) is 0 Å². The average Bonchev–Trinajstić information content (AvgIpc) is 2.91. The third kappa shape index (κ3) is 6.19. The van der Waals surface area contributed by atoms with Crippen molar-refractivity contribution in [2.75, 3.05) is 38.7 Å². The summed E-state index contributed by atoms with van der Waals surface area (Å²) >= 11 is 0. The normalized spacial score (nSPS) is 12.2. The van der Waals surface area contributed by atoms with E-state index in [2.05, 4.69) is 5.32 Å². The van der Waals surface area contributed by atoms with Gasteiger partial charge in [-0.15, -0.1) is 0 Å². The fourth-order valence-corrected chi connectivity index (χ4v) is 2.93. The minimum absolute atomic E-state index is 0.0651. The summed E-state index contributed by atoms with van der Waals surface area (Å²) in [7, 11) is 3.31. The van der Waals surface area contributed by atoms with Gasteiger partial charge in [-0.1, -0.05) is 18.2 Å². The number of ether oxygens (including phenoxy) is 2. The van der Waals surface area contributed by atoms with Crippen LogP contribution < -0.4 is 10.9 Å². The van der Waals surface area contributed by atoms with Gasteiger partial charge >= 0.3 is 6.03 Å². The number of para-hydroxylation sites is 1. The molecule has 0 radical (unpaired) electrons. The molecule has 0 saturated heterocycles. The lowest BCUT2D eigenvalue weighted by Gasteiger charge is -2.21. The Kier molecular flexibility index (Phi) is 8.64. The first-order valence-electron chi connectivity index (χ1n) is 9.96. The number of amides is 2. The number of rotatable bonds is 10. The SMILES string of the molecule is Cc1c(NC(=O)N(C)CC(O)COCCOC(C)C)c(=O)n(-c2ccccc2)n1C. The van der Waals surface area contributed by atoms with E-state index < -0.39 is 12.1 Å². The van der Waals surface area contributed by atoms with Gasteiger partial charge in [-0.25, -0.2) is 9.48 Å². The number of aliphatic hydroxyl groups is 1. The number of aliphatic hydroxyl groups excluding tert-OH is 1. The second-order valence-corrected chi connectivity index (χ2v) is 7.40. The molecule has 0 fully saturated rings. The predicted octanol–water partition coefficient (Wildman–Crippen LogP) is 1.75. The van der Waals surface area contributed by atoms with Crippen LogP contribution in [0, 0.1) is 6.92 Å². The van der Waals surface area contributed by atoms with E-state index in [-0.39, 0.29) is 30.5 Å². The van der Waals surface area contributed by atoms with Crippen molar-refractivity contribution in [3.05, 3.63) is 46.4 Å². The predicted molar refractivity (Wildman–Crippen MR) is 115 cm³/mol. The molecule has 2 N–H and O–H groups in total. The molecule has 1 aromatic carbocycles. The van der Waals surface area contributed by atoms with Gasteiger partial charge in [0.25, 0.3) is 5.56 Å². The summed E-state index contributed by atoms with van der Waals surface area (Å²) in [5, 5.41) is 12.8. The number of hydrogen-bond acceptors (Lipinski definition) is 5. The highest BCUT2D eigenvalue weighted by molar-refractivity contribution is 5.89. The van der Waals surface area contributed by atoms with E-state index in [4.69, 9.17) is 9.47 Å². The van der Waals surface area contributed by atoms with Gasteiger partial charge < -0.3 is 24.8 Å². The summed E-state index contributed by atoms with van der Waals surface area (Å²) in [4.78, 5) is 26.7. The van der Waals surface area contributed by atoms with Gasteiger partial charge in [0.05, 0.1) is 50.0 Å². The molecule has 0 spiro atoms. The molecule has 2 rings (SSSR count). The number of carbonyl (C=O) groups is 1. The van der Waals surface area contributed by atoms with Gasteiger partial charge in [0, 0.05) is 14.1 Å². The molecule has 166 valence electrons. The third-order valence-corrected chi connectivity index (χ3v) is 4.61. The number of benzene rings is 1. The van der Waals surface area contributed by atoms with E-state index in [1.54, 1.807) is 25.7 Å². The summed E-state index contributed by atoms with van der Waals surface area (Å²) < 4.78 is 13.9. The summed E-state index contributed by atoms with van der Waals surface area (Å²) in [6, 6.07) is 8.71. The molecule has 0 saturated carbocycles. The zero-order chi connectivity index (χ0) is 22.3. The van der Waals surface area contributed by atoms with Gasteiger partial charge in [-0.3, -0.25) is 9.48 Å². The Morgan fingerprint density at radius 3 is 2.53 bits per heavy atom. The lowest BCUT2D eigenvalue weighted by Crippen LogP contribution is -2.39. The topological polar surface area (TPSA) is 98.0 Å². The van der Waals surface area contributed by atoms with Crippen LogP contribution in [-0.2, 0) is 16.5 Å². The molecule has 0 bridgehead atoms. The number of carbonyl (C=O) groups excluding carboxylic acids is 1. The molecule has 1 unspecified atom stereocenters. The molecule has 1 aromatic heterocycles. The average molecular weight is 421 g/mol. The molecular formula is C21H32N4O5. The minimum atomic E-state index is -0.849. The van der Waals surface area contributed by atoms with Crippen LogP contribution in [0.1, 0.15) is 19.5 Å². The first-order chi connectivity index (χ1) is 14.2. The fraction of sp³-hybridized carbons (Fsp3) is 0.524. The minimum Gasteiger partial charge on any atom is -0.389 e. The highest BCUT2D eigenvalue weighted by atomic mass is 16.5. The first kappa shape index (κ1) is 23.7. The van der Waals surface area contributed by atoms with Crippen LogP contribution in [0.25, 0.3) is 5.69 Å². The standard InChI is InChI=1S/C21H32N4O5/c1-15(2)30-12-11-29-14-18(26)13-23(4)21(28)22-19-16(3)24(5)25(20(19)27)17-9-7-6-8-10-17/h6-10,15,18,26H,11-14H2,1-5H3,(H,22,28). The number of aromatic nitrogens is 2. The van der Waals surface area contributed by atoms with Crippen LogP contribution in [0.2, 0.25) is 0 Å². The molecule has 2 aromatic rings. The second-order valence-electron chi connectivity index (χ2n) is 7.40. The van der Waals surface area contributed by atoms with Gasteiger partial charge in [0.1, 0.15) is 5.69 Å². The van der Waals surface area contributed by atoms with Crippen molar-refractivity contribution >= 4 is 11.7 Å². The lowest BCUT2D eigenvalue weighted by molar-refractivity contribution is -0.0144. The Hall–Kier alpha value is -2.62. The number of nitrogens with zero attached hydrogens (tertiary/aromatic N) is 3. The van der Waals surface area contributed by atoms with E-state index >= 15 is 0 Å². The molecule has 2 amide bonds. The van der Waals surface area contributed by atoms with Crippen molar-refractivity contribution in [2.45, 2.75) is 33.0 Å². The van der Waals surface area contributed by atoms with Crippen molar-refractivity contribution in [3.8, 4) is 5.69 Å². The van der Waals surface area contributed by atoms with Gasteiger partial charge in [-0.05, 0) is 32.9 Å². The monoisotopic (exact) mass is 420 g/mol. The van der Waals surface area contributed by atoms with E-state index in [9.17, 15) is 14.7 Å². The van der Waals surface area contributed by atoms with Crippen LogP contribution in [0.15, 0.2) is 35.1 Å². The fourth-order valence-electron chi connectivity index (χ4n) is 2.93. The zero-order valence-electron chi connectivity index (χ0n) is 18.3. The zero-order valence-corrected chi connectivity index (χ0v) is 18.3. The Bertz CT molecular complexity index is 876. The Morgan fingerprint density at radius 1 is 1.23 bits per heavy atom. The molecule has 0 aliphatic heterocycles. The van der Waals surface area contributed by atoms with Crippen molar-refractivity contribution in [1.82, 2.24) is 14.3 Å². The molecular weight excluding hydrogens is 388 g/mol. The van der Waals surface area contributed by atoms with Crippen LogP contribution in [0.3, 0.4) is 0 Å². The maximum absolute atomic E-state index is 12.9. The number of anilines is 1. The van der Waals surface area contributed by atoms with Crippen molar-refractivity contribution in [2.24, 2.45) is 7.05 Å². The van der Waals surface area contributed by atoms with Crippen LogP contribution in [0.4, 0.5) is 10.5 Å². The van der Waals surface area contributed by atoms with Gasteiger partial charge in [-0.2, -0.15) is 0 Å². The van der Waals surface area contributed by atoms with Crippen LogP contribution in [-0.4, -0.2) is 71.0 Å². The molecule has 9 nitrogen and oxygen atoms in total. The molecule has 0 aliphatic carbocycles. The maximum Gasteiger partial charge on any atom is 0.321 e. The van der Waals surface area contributed by atoms with Crippen molar-refractivity contribution < 1.29 is 19.4 Å². The van der Waals surface area contributed by atoms with Crippen LogP contribution in [0.5, 0.6) is 0 Å². The Morgan fingerprint density at radius 2 is 1.90 bits per heavy atom. The largest absolute Gasteiger partial charge is 0.389 e. The molecule has 1 atom stereocenters. The second kappa shape index (κ2) is 11.0. The summed E-state index contributed by atoms with van der Waals surface area (Å²) in [6.45, 7) is 6.60. The van der Waals surface area contributed by atoms with Crippen molar-refractivity contribution in [1.29, 1.82) is 0 Å². The highest BCUT2D eigenvalue weighted by Gasteiger charge is 2.20. The van der Waals surface area contributed by atoms with Crippen molar-refractivity contribution in [3.63, 3.8) is 0 Å². The summed E-state index contributed by atoms with van der Waals surface area (Å²) in [6.07, 6.45) is -0.723. The first-order valence-corrected chi connectivity index (χ1v) is 9.96. The third-order valence-electron chi connectivity index (χ3n) is 4.61. The Labute approximate surface area is 176 Å². The van der Waals surface area contributed by atoms with E-state index in [1.807, 2.05) is 44.2 Å². The highest BCUT2D eigenvalue weighted by Crippen LogP contribution is 2.14. The smallest absolute Gasteiger partial charge is 0.321 e. The molecule has 9 heteroatoms. The lowest BCUT2D eigenvalue weighted by atomic mass is 10.3. The van der Waals surface area contributed by atoms with E-state index in [1.165, 1.54) is 9.58 Å². The molecule has 30 heavy (non-hydrogen) atoms. The summed E-state index contributed by atoms with van der Waals surface area (Å²) in [5.74, 6) is 0. The number of hydrogen-bond donors (Lipinski definition) is 2. The van der Waals surface area contributed by atoms with Crippen LogP contribution >= 0.6 is 0 Å². The summed E-state index contributed by atoms with van der Waals surface area (Å²) in [5.41, 5.74) is 1.21. The van der Waals surface area contributed by atoms with E-state index in [0.717, 1.165) is 0 Å². The van der Waals surface area contributed by atoms with E-state index in [0.29, 0.717) is 24.6 Å². The number of urea groups is 1. The Balaban J connectivity index is 1.95. The number of nitrogens with one attached hydrogen (secondary N) is 1. The van der Waals surface area contributed by atoms with Gasteiger partial charge in [0.2, 0.25) is 0 Å². The molecule has 0 aliphatic rings.